The average Bonchev–Trinajstić information content (AvgIpc) is 2.92. The molecule has 3 rings (SSSR count). The number of carbonyl (C=O) groups is 1. The van der Waals surface area contributed by atoms with E-state index in [-0.39, 0.29) is 5.82 Å². The molecule has 0 saturated heterocycles. The van der Waals surface area contributed by atoms with Gasteiger partial charge in [-0.2, -0.15) is 0 Å². The van der Waals surface area contributed by atoms with Gasteiger partial charge in [-0.15, -0.1) is 0 Å². The molecular weight excluding hydrogens is 299 g/mol. The summed E-state index contributed by atoms with van der Waals surface area (Å²) in [6.45, 7) is 0. The molecule has 0 bridgehead atoms. The van der Waals surface area contributed by atoms with Gasteiger partial charge in [-0.05, 0) is 61.3 Å². The minimum Gasteiger partial charge on any atom is -0.481 e. The van der Waals surface area contributed by atoms with Crippen molar-refractivity contribution in [1.82, 2.24) is 0 Å². The molecule has 0 heterocycles. The van der Waals surface area contributed by atoms with Gasteiger partial charge in [0.2, 0.25) is 0 Å². The Kier molecular flexibility index (Phi) is 2.73. The van der Waals surface area contributed by atoms with Crippen molar-refractivity contribution >= 4 is 21.9 Å². The molecule has 2 nitrogen and oxygen atoms in total. The highest BCUT2D eigenvalue weighted by molar-refractivity contribution is 9.10. The van der Waals surface area contributed by atoms with Crippen molar-refractivity contribution in [3.05, 3.63) is 34.1 Å². The Bertz CT molecular complexity index is 505. The van der Waals surface area contributed by atoms with E-state index in [0.717, 1.165) is 22.9 Å². The number of hydrogen-bond acceptors (Lipinski definition) is 1. The van der Waals surface area contributed by atoms with Gasteiger partial charge in [0.15, 0.2) is 0 Å². The summed E-state index contributed by atoms with van der Waals surface area (Å²) in [6.07, 6.45) is 3.10. The maximum Gasteiger partial charge on any atom is 0.309 e. The lowest BCUT2D eigenvalue weighted by Crippen LogP contribution is -2.32. The molecule has 0 amide bonds. The smallest absolute Gasteiger partial charge is 0.309 e. The Morgan fingerprint density at radius 2 is 2.11 bits per heavy atom. The zero-order valence-electron chi connectivity index (χ0n) is 9.83. The monoisotopic (exact) mass is 312 g/mol. The van der Waals surface area contributed by atoms with Crippen molar-refractivity contribution in [3.63, 3.8) is 0 Å². The topological polar surface area (TPSA) is 37.3 Å². The summed E-state index contributed by atoms with van der Waals surface area (Å²) in [5.74, 6) is 0.143. The van der Waals surface area contributed by atoms with Gasteiger partial charge in [-0.3, -0.25) is 4.79 Å². The Labute approximate surface area is 113 Å². The fraction of sp³-hybridized carbons (Fsp3) is 0.500. The van der Waals surface area contributed by atoms with Crippen LogP contribution in [0.3, 0.4) is 0 Å². The van der Waals surface area contributed by atoms with Gasteiger partial charge in [0.05, 0.1) is 5.41 Å². The number of halogens is 2. The lowest BCUT2D eigenvalue weighted by atomic mass is 9.77. The second-order valence-corrected chi connectivity index (χ2v) is 6.52. The summed E-state index contributed by atoms with van der Waals surface area (Å²) in [4.78, 5) is 11.6. The van der Waals surface area contributed by atoms with Gasteiger partial charge < -0.3 is 5.11 Å². The largest absolute Gasteiger partial charge is 0.481 e. The van der Waals surface area contributed by atoms with E-state index in [1.807, 2.05) is 0 Å². The van der Waals surface area contributed by atoms with Crippen LogP contribution in [0.25, 0.3) is 0 Å². The van der Waals surface area contributed by atoms with Crippen LogP contribution in [0.15, 0.2) is 22.7 Å². The van der Waals surface area contributed by atoms with E-state index in [1.54, 1.807) is 6.07 Å². The Hall–Kier alpha value is -0.900. The first kappa shape index (κ1) is 12.2. The molecule has 1 aromatic rings. The summed E-state index contributed by atoms with van der Waals surface area (Å²) in [5.41, 5.74) is 0.0860. The Morgan fingerprint density at radius 3 is 2.72 bits per heavy atom. The van der Waals surface area contributed by atoms with Crippen LogP contribution in [0, 0.1) is 23.1 Å². The highest BCUT2D eigenvalue weighted by Crippen LogP contribution is 2.61. The second kappa shape index (κ2) is 4.05. The van der Waals surface area contributed by atoms with Crippen molar-refractivity contribution in [2.75, 3.05) is 0 Å². The molecule has 18 heavy (non-hydrogen) atoms. The third-order valence-corrected chi connectivity index (χ3v) is 5.14. The summed E-state index contributed by atoms with van der Waals surface area (Å²) >= 11 is 3.38. The van der Waals surface area contributed by atoms with Gasteiger partial charge in [-0.25, -0.2) is 4.39 Å². The van der Waals surface area contributed by atoms with Crippen molar-refractivity contribution in [2.24, 2.45) is 17.3 Å². The van der Waals surface area contributed by atoms with Gasteiger partial charge >= 0.3 is 5.97 Å². The quantitative estimate of drug-likeness (QED) is 0.925. The number of aliphatic carboxylic acids is 1. The first-order valence-corrected chi connectivity index (χ1v) is 6.97. The highest BCUT2D eigenvalue weighted by Gasteiger charge is 2.57. The summed E-state index contributed by atoms with van der Waals surface area (Å²) in [7, 11) is 0. The van der Waals surface area contributed by atoms with Crippen LogP contribution < -0.4 is 0 Å². The van der Waals surface area contributed by atoms with E-state index in [0.29, 0.717) is 18.3 Å². The van der Waals surface area contributed by atoms with Crippen molar-refractivity contribution in [1.29, 1.82) is 0 Å². The molecule has 2 unspecified atom stereocenters. The zero-order valence-corrected chi connectivity index (χ0v) is 11.4. The number of fused-ring (bicyclic) bond motifs is 1. The van der Waals surface area contributed by atoms with Crippen LogP contribution in [-0.4, -0.2) is 11.1 Å². The molecule has 0 aromatic heterocycles. The minimum atomic E-state index is -0.731. The number of carboxylic acid groups (broad SMARTS) is 1. The predicted octanol–water partition coefficient (Wildman–Crippen LogP) is 3.63. The van der Waals surface area contributed by atoms with E-state index >= 15 is 0 Å². The standard InChI is InChI=1S/C14H14BrFO2/c15-12-2-1-11(16)4-10(12)7-14(13(17)18)5-8-3-9(8)6-14/h1-2,4,8-9H,3,5-7H2,(H,17,18). The third-order valence-electron chi connectivity index (χ3n) is 4.37. The Morgan fingerprint density at radius 1 is 1.44 bits per heavy atom. The van der Waals surface area contributed by atoms with E-state index in [1.165, 1.54) is 18.6 Å². The fourth-order valence-electron chi connectivity index (χ4n) is 3.34. The van der Waals surface area contributed by atoms with Crippen molar-refractivity contribution < 1.29 is 14.3 Å². The second-order valence-electron chi connectivity index (χ2n) is 5.66. The first-order chi connectivity index (χ1) is 8.50. The van der Waals surface area contributed by atoms with Crippen LogP contribution in [0.2, 0.25) is 0 Å². The Balaban J connectivity index is 1.89. The number of rotatable bonds is 3. The molecule has 4 heteroatoms. The molecule has 2 fully saturated rings. The maximum atomic E-state index is 13.3. The molecule has 2 atom stereocenters. The molecule has 1 aromatic carbocycles. The summed E-state index contributed by atoms with van der Waals surface area (Å²) in [5, 5.41) is 9.51. The van der Waals surface area contributed by atoms with Gasteiger partial charge in [0, 0.05) is 4.47 Å². The van der Waals surface area contributed by atoms with Crippen LogP contribution in [0.5, 0.6) is 0 Å². The van der Waals surface area contributed by atoms with Crippen LogP contribution >= 0.6 is 15.9 Å². The fourth-order valence-corrected chi connectivity index (χ4v) is 3.72. The molecule has 0 aliphatic heterocycles. The van der Waals surface area contributed by atoms with Crippen LogP contribution in [-0.2, 0) is 11.2 Å². The van der Waals surface area contributed by atoms with Gasteiger partial charge in [0.1, 0.15) is 5.82 Å². The molecule has 2 saturated carbocycles. The number of carboxylic acids is 1. The molecule has 2 aliphatic rings. The lowest BCUT2D eigenvalue weighted by molar-refractivity contribution is -0.149. The molecule has 96 valence electrons. The van der Waals surface area contributed by atoms with Crippen molar-refractivity contribution in [2.45, 2.75) is 25.7 Å². The predicted molar refractivity (Wildman–Crippen MR) is 68.7 cm³/mol. The molecule has 0 spiro atoms. The zero-order chi connectivity index (χ0) is 12.9. The molecule has 2 aliphatic carbocycles. The molecular formula is C14H14BrFO2. The summed E-state index contributed by atoms with van der Waals surface area (Å²) in [6, 6.07) is 4.47. The average molecular weight is 313 g/mol. The SMILES string of the molecule is O=C(O)C1(Cc2cc(F)ccc2Br)CC2CC2C1. The normalized spacial score (nSPS) is 33.2. The molecule has 1 N–H and O–H groups in total. The van der Waals surface area contributed by atoms with E-state index in [2.05, 4.69) is 15.9 Å². The third kappa shape index (κ3) is 1.96. The van der Waals surface area contributed by atoms with Crippen LogP contribution in [0.4, 0.5) is 4.39 Å². The van der Waals surface area contributed by atoms with Gasteiger partial charge in [0.25, 0.3) is 0 Å². The lowest BCUT2D eigenvalue weighted by Gasteiger charge is -2.26. The first-order valence-electron chi connectivity index (χ1n) is 6.17. The number of hydrogen-bond donors (Lipinski definition) is 1. The van der Waals surface area contributed by atoms with E-state index in [4.69, 9.17) is 0 Å². The highest BCUT2D eigenvalue weighted by atomic mass is 79.9. The van der Waals surface area contributed by atoms with Crippen LogP contribution in [0.1, 0.15) is 24.8 Å². The summed E-state index contributed by atoms with van der Waals surface area (Å²) < 4.78 is 14.1. The number of benzene rings is 1. The van der Waals surface area contributed by atoms with E-state index < -0.39 is 11.4 Å². The minimum absolute atomic E-state index is 0.308. The van der Waals surface area contributed by atoms with E-state index in [9.17, 15) is 14.3 Å². The van der Waals surface area contributed by atoms with Gasteiger partial charge in [-0.1, -0.05) is 15.9 Å². The maximum absolute atomic E-state index is 13.3. The van der Waals surface area contributed by atoms with Crippen molar-refractivity contribution in [3.8, 4) is 0 Å². The molecule has 0 radical (unpaired) electrons.